The number of nitrogens with one attached hydrogen (secondary N) is 3. The second-order valence-electron chi connectivity index (χ2n) is 6.20. The van der Waals surface area contributed by atoms with Crippen LogP contribution in [0.5, 0.6) is 11.5 Å². The van der Waals surface area contributed by atoms with E-state index >= 15 is 0 Å². The Kier molecular flexibility index (Phi) is 4.64. The Morgan fingerprint density at radius 1 is 1.08 bits per heavy atom. The number of carbonyl (C=O) groups excluding carboxylic acids is 1. The van der Waals surface area contributed by atoms with Gasteiger partial charge in [0.25, 0.3) is 0 Å². The molecule has 1 aliphatic heterocycles. The maximum atomic E-state index is 12.0. The largest absolute Gasteiger partial charge is 0.454 e. The average molecular weight is 351 g/mol. The molecule has 3 N–H and O–H groups in total. The quantitative estimate of drug-likeness (QED) is 0.612. The Bertz CT molecular complexity index is 920. The van der Waals surface area contributed by atoms with E-state index in [1.165, 1.54) is 10.9 Å². The summed E-state index contributed by atoms with van der Waals surface area (Å²) in [6, 6.07) is 13.9. The zero-order valence-electron chi connectivity index (χ0n) is 14.4. The Balaban J connectivity index is 1.20. The average Bonchev–Trinajstić information content (AvgIpc) is 3.28. The first-order valence-electron chi connectivity index (χ1n) is 8.75. The number of para-hydroxylation sites is 1. The van der Waals surface area contributed by atoms with Gasteiger partial charge in [0.05, 0.1) is 0 Å². The molecule has 0 spiro atoms. The number of fused-ring (bicyclic) bond motifs is 2. The third-order valence-electron chi connectivity index (χ3n) is 4.45. The smallest absolute Gasteiger partial charge is 0.231 e. The number of aromatic nitrogens is 1. The number of hydrogen-bond acceptors (Lipinski definition) is 4. The van der Waals surface area contributed by atoms with Gasteiger partial charge in [-0.05, 0) is 30.2 Å². The summed E-state index contributed by atoms with van der Waals surface area (Å²) in [5, 5.41) is 7.42. The van der Waals surface area contributed by atoms with E-state index in [0.29, 0.717) is 19.5 Å². The van der Waals surface area contributed by atoms with Crippen LogP contribution >= 0.6 is 0 Å². The number of rotatable bonds is 7. The Morgan fingerprint density at radius 3 is 2.92 bits per heavy atom. The van der Waals surface area contributed by atoms with E-state index in [-0.39, 0.29) is 12.7 Å². The monoisotopic (exact) mass is 351 g/mol. The first kappa shape index (κ1) is 16.3. The molecule has 4 rings (SSSR count). The second kappa shape index (κ2) is 7.39. The van der Waals surface area contributed by atoms with Gasteiger partial charge in [-0.1, -0.05) is 18.2 Å². The molecule has 1 aliphatic rings. The molecule has 0 fully saturated rings. The van der Waals surface area contributed by atoms with Crippen molar-refractivity contribution in [3.05, 3.63) is 54.2 Å². The van der Waals surface area contributed by atoms with E-state index in [9.17, 15) is 4.79 Å². The summed E-state index contributed by atoms with van der Waals surface area (Å²) in [4.78, 5) is 15.3. The summed E-state index contributed by atoms with van der Waals surface area (Å²) >= 11 is 0. The van der Waals surface area contributed by atoms with Crippen LogP contribution < -0.4 is 20.1 Å². The van der Waals surface area contributed by atoms with Crippen LogP contribution in [0, 0.1) is 0 Å². The molecule has 6 heteroatoms. The first-order valence-corrected chi connectivity index (χ1v) is 8.75. The van der Waals surface area contributed by atoms with Crippen LogP contribution in [0.25, 0.3) is 10.9 Å². The van der Waals surface area contributed by atoms with Crippen LogP contribution in [0.4, 0.5) is 5.69 Å². The number of anilines is 1. The van der Waals surface area contributed by atoms with Crippen LogP contribution in [0.15, 0.2) is 48.7 Å². The van der Waals surface area contributed by atoms with Crippen molar-refractivity contribution in [2.24, 2.45) is 0 Å². The zero-order chi connectivity index (χ0) is 17.8. The minimum absolute atomic E-state index is 0.0399. The number of aromatic amines is 1. The van der Waals surface area contributed by atoms with E-state index in [1.807, 2.05) is 36.5 Å². The van der Waals surface area contributed by atoms with Crippen LogP contribution in [0.2, 0.25) is 0 Å². The fourth-order valence-corrected chi connectivity index (χ4v) is 3.09. The van der Waals surface area contributed by atoms with E-state index in [4.69, 9.17) is 9.47 Å². The Morgan fingerprint density at radius 2 is 1.96 bits per heavy atom. The molecule has 0 saturated carbocycles. The molecule has 0 unspecified atom stereocenters. The predicted molar refractivity (Wildman–Crippen MR) is 101 cm³/mol. The summed E-state index contributed by atoms with van der Waals surface area (Å²) in [5.74, 6) is 1.53. The zero-order valence-corrected chi connectivity index (χ0v) is 14.4. The topological polar surface area (TPSA) is 75.4 Å². The molecule has 26 heavy (non-hydrogen) atoms. The maximum absolute atomic E-state index is 12.0. The first-order chi connectivity index (χ1) is 12.8. The van der Waals surface area contributed by atoms with Crippen molar-refractivity contribution in [2.75, 3.05) is 25.2 Å². The molecule has 0 radical (unpaired) electrons. The number of hydrogen-bond donors (Lipinski definition) is 3. The molecule has 3 aromatic rings. The molecule has 2 aromatic carbocycles. The standard InChI is InChI=1S/C20H21N3O3/c24-20(8-10-21-15-5-6-18-19(11-15)26-13-25-18)22-9-7-14-12-23-17-4-2-1-3-16(14)17/h1-6,11-12,21,23H,7-10,13H2,(H,22,24). The number of H-pyrrole nitrogens is 1. The van der Waals surface area contributed by atoms with Crippen molar-refractivity contribution in [2.45, 2.75) is 12.8 Å². The lowest BCUT2D eigenvalue weighted by Gasteiger charge is -2.08. The van der Waals surface area contributed by atoms with Crippen molar-refractivity contribution < 1.29 is 14.3 Å². The van der Waals surface area contributed by atoms with Gasteiger partial charge in [0.1, 0.15) is 0 Å². The van der Waals surface area contributed by atoms with E-state index < -0.39 is 0 Å². The molecule has 0 aliphatic carbocycles. The third kappa shape index (κ3) is 3.59. The SMILES string of the molecule is O=C(CCNc1ccc2c(c1)OCO2)NCCc1c[nH]c2ccccc12. The molecule has 1 aromatic heterocycles. The van der Waals surface area contributed by atoms with Gasteiger partial charge in [-0.15, -0.1) is 0 Å². The minimum Gasteiger partial charge on any atom is -0.454 e. The highest BCUT2D eigenvalue weighted by Gasteiger charge is 2.13. The van der Waals surface area contributed by atoms with E-state index in [2.05, 4.69) is 27.8 Å². The molecular weight excluding hydrogens is 330 g/mol. The highest BCUT2D eigenvalue weighted by molar-refractivity contribution is 5.83. The number of carbonyl (C=O) groups is 1. The second-order valence-corrected chi connectivity index (χ2v) is 6.20. The predicted octanol–water partition coefficient (Wildman–Crippen LogP) is 3.06. The van der Waals surface area contributed by atoms with Gasteiger partial charge in [-0.2, -0.15) is 0 Å². The fourth-order valence-electron chi connectivity index (χ4n) is 3.09. The molecule has 1 amide bonds. The van der Waals surface area contributed by atoms with Crippen LogP contribution in [-0.4, -0.2) is 30.8 Å². The molecule has 0 bridgehead atoms. The number of benzene rings is 2. The summed E-state index contributed by atoms with van der Waals surface area (Å²) < 4.78 is 10.6. The van der Waals surface area contributed by atoms with Crippen molar-refractivity contribution in [1.82, 2.24) is 10.3 Å². The van der Waals surface area contributed by atoms with E-state index in [0.717, 1.165) is 29.1 Å². The third-order valence-corrected chi connectivity index (χ3v) is 4.45. The molecule has 0 atom stereocenters. The van der Waals surface area contributed by atoms with E-state index in [1.54, 1.807) is 0 Å². The highest BCUT2D eigenvalue weighted by Crippen LogP contribution is 2.34. The van der Waals surface area contributed by atoms with Crippen molar-refractivity contribution in [1.29, 1.82) is 0 Å². The van der Waals surface area contributed by atoms with Gasteiger partial charge in [-0.25, -0.2) is 0 Å². The van der Waals surface area contributed by atoms with Gasteiger partial charge >= 0.3 is 0 Å². The van der Waals surface area contributed by atoms with Crippen molar-refractivity contribution in [3.8, 4) is 11.5 Å². The summed E-state index contributed by atoms with van der Waals surface area (Å²) in [7, 11) is 0. The normalized spacial score (nSPS) is 12.3. The lowest BCUT2D eigenvalue weighted by molar-refractivity contribution is -0.120. The van der Waals surface area contributed by atoms with Crippen molar-refractivity contribution >= 4 is 22.5 Å². The molecule has 2 heterocycles. The molecule has 0 saturated heterocycles. The fraction of sp³-hybridized carbons (Fsp3) is 0.250. The Labute approximate surface area is 151 Å². The van der Waals surface area contributed by atoms with Crippen LogP contribution in [0.3, 0.4) is 0 Å². The van der Waals surface area contributed by atoms with Gasteiger partial charge in [0, 0.05) is 48.4 Å². The number of amides is 1. The van der Waals surface area contributed by atoms with Crippen molar-refractivity contribution in [3.63, 3.8) is 0 Å². The van der Waals surface area contributed by atoms with Gasteiger partial charge in [0.15, 0.2) is 11.5 Å². The lowest BCUT2D eigenvalue weighted by Crippen LogP contribution is -2.27. The molecular formula is C20H21N3O3. The molecule has 134 valence electrons. The summed E-state index contributed by atoms with van der Waals surface area (Å²) in [6.07, 6.45) is 3.24. The van der Waals surface area contributed by atoms with Gasteiger partial charge in [-0.3, -0.25) is 4.79 Å². The molecule has 6 nitrogen and oxygen atoms in total. The van der Waals surface area contributed by atoms with Crippen LogP contribution in [0.1, 0.15) is 12.0 Å². The van der Waals surface area contributed by atoms with Crippen LogP contribution in [-0.2, 0) is 11.2 Å². The minimum atomic E-state index is 0.0399. The van der Waals surface area contributed by atoms with Gasteiger partial charge in [0.2, 0.25) is 12.7 Å². The maximum Gasteiger partial charge on any atom is 0.231 e. The Hall–Kier alpha value is -3.15. The highest BCUT2D eigenvalue weighted by atomic mass is 16.7. The summed E-state index contributed by atoms with van der Waals surface area (Å²) in [6.45, 7) is 1.46. The summed E-state index contributed by atoms with van der Waals surface area (Å²) in [5.41, 5.74) is 3.27. The lowest BCUT2D eigenvalue weighted by atomic mass is 10.1. The number of ether oxygens (including phenoxy) is 2. The van der Waals surface area contributed by atoms with Gasteiger partial charge < -0.3 is 25.1 Å².